The average Bonchev–Trinajstić information content (AvgIpc) is 2.25. The Morgan fingerprint density at radius 2 is 0.789 bits per heavy atom. The first-order valence-electron chi connectivity index (χ1n) is 5.23. The van der Waals surface area contributed by atoms with Crippen LogP contribution in [-0.2, 0) is 6.42 Å². The number of hydrogen-bond donors (Lipinski definition) is 6. The Balaban J connectivity index is 2.48. The quantitative estimate of drug-likeness (QED) is 0.363. The van der Waals surface area contributed by atoms with Gasteiger partial charge in [-0.05, 0) is 0 Å². The van der Waals surface area contributed by atoms with Crippen LogP contribution in [-0.4, -0.2) is 19.9 Å². The lowest BCUT2D eigenvalue weighted by molar-refractivity contribution is 1.07. The lowest BCUT2D eigenvalue weighted by atomic mass is 10.1. The van der Waals surface area contributed by atoms with E-state index >= 15 is 0 Å². The van der Waals surface area contributed by atoms with Crippen LogP contribution in [0.25, 0.3) is 0 Å². The van der Waals surface area contributed by atoms with Crippen molar-refractivity contribution < 1.29 is 0 Å². The van der Waals surface area contributed by atoms with E-state index in [1.54, 1.807) is 0 Å². The molecule has 10 heteroatoms. The summed E-state index contributed by atoms with van der Waals surface area (Å²) in [6.07, 6.45) is 0.190. The molecule has 0 saturated carbocycles. The van der Waals surface area contributed by atoms with Crippen LogP contribution in [0.4, 0.5) is 35.2 Å². The van der Waals surface area contributed by atoms with Gasteiger partial charge in [0.2, 0.25) is 11.9 Å². The van der Waals surface area contributed by atoms with Gasteiger partial charge in [0, 0.05) is 17.5 Å². The van der Waals surface area contributed by atoms with Crippen molar-refractivity contribution in [2.75, 3.05) is 34.4 Å². The summed E-state index contributed by atoms with van der Waals surface area (Å²) in [6.45, 7) is 0. The largest absolute Gasteiger partial charge is 0.383 e. The maximum Gasteiger partial charge on any atom is 0.223 e. The number of anilines is 6. The van der Waals surface area contributed by atoms with Gasteiger partial charge >= 0.3 is 0 Å². The summed E-state index contributed by atoms with van der Waals surface area (Å²) in [6, 6.07) is 0. The molecule has 0 fully saturated rings. The summed E-state index contributed by atoms with van der Waals surface area (Å²) in [5, 5.41) is 0. The molecule has 0 radical (unpaired) electrons. The highest BCUT2D eigenvalue weighted by atomic mass is 15.1. The van der Waals surface area contributed by atoms with Crippen molar-refractivity contribution in [3.05, 3.63) is 11.1 Å². The zero-order chi connectivity index (χ0) is 14.2. The molecular formula is C9H14N10. The summed E-state index contributed by atoms with van der Waals surface area (Å²) in [5.74, 6) is 0.601. The van der Waals surface area contributed by atoms with Gasteiger partial charge in [-0.1, -0.05) is 0 Å². The van der Waals surface area contributed by atoms with Crippen LogP contribution >= 0.6 is 0 Å². The highest BCUT2D eigenvalue weighted by molar-refractivity contribution is 5.63. The van der Waals surface area contributed by atoms with E-state index in [1.165, 1.54) is 0 Å². The smallest absolute Gasteiger partial charge is 0.223 e. The lowest BCUT2D eigenvalue weighted by Crippen LogP contribution is -2.13. The molecule has 0 saturated heterocycles. The van der Waals surface area contributed by atoms with Crippen LogP contribution in [0, 0.1) is 0 Å². The Labute approximate surface area is 108 Å². The van der Waals surface area contributed by atoms with Crippen LogP contribution in [0.3, 0.4) is 0 Å². The zero-order valence-corrected chi connectivity index (χ0v) is 9.96. The summed E-state index contributed by atoms with van der Waals surface area (Å²) in [5.41, 5.74) is 34.7. The van der Waals surface area contributed by atoms with Crippen molar-refractivity contribution in [2.24, 2.45) is 0 Å². The molecule has 0 unspecified atom stereocenters. The van der Waals surface area contributed by atoms with Crippen molar-refractivity contribution in [1.82, 2.24) is 19.9 Å². The minimum atomic E-state index is -0.00625. The van der Waals surface area contributed by atoms with Crippen LogP contribution in [0.1, 0.15) is 11.1 Å². The molecule has 0 aliphatic carbocycles. The number of aromatic nitrogens is 4. The first-order chi connectivity index (χ1) is 8.88. The zero-order valence-electron chi connectivity index (χ0n) is 9.96. The molecule has 0 amide bonds. The van der Waals surface area contributed by atoms with Gasteiger partial charge in [0.05, 0.1) is 0 Å². The van der Waals surface area contributed by atoms with Crippen molar-refractivity contribution in [1.29, 1.82) is 0 Å². The van der Waals surface area contributed by atoms with E-state index in [2.05, 4.69) is 19.9 Å². The van der Waals surface area contributed by atoms with E-state index < -0.39 is 0 Å². The molecule has 0 atom stereocenters. The Morgan fingerprint density at radius 3 is 1.05 bits per heavy atom. The number of nitrogens with two attached hydrogens (primary N) is 6. The number of nitrogens with zero attached hydrogens (tertiary/aromatic N) is 4. The SMILES string of the molecule is Nc1nc(N)c(Cc2c(N)nc(N)nc2N)c(N)n1. The number of nitrogen functional groups attached to an aromatic ring is 6. The van der Waals surface area contributed by atoms with Gasteiger partial charge in [0.15, 0.2) is 0 Å². The maximum atomic E-state index is 5.74. The highest BCUT2D eigenvalue weighted by Gasteiger charge is 2.15. The van der Waals surface area contributed by atoms with Crippen LogP contribution < -0.4 is 34.4 Å². The molecular weight excluding hydrogens is 248 g/mol. The topological polar surface area (TPSA) is 208 Å². The predicted octanol–water partition coefficient (Wildman–Crippen LogP) is -1.65. The molecule has 12 N–H and O–H groups in total. The van der Waals surface area contributed by atoms with E-state index in [0.717, 1.165) is 0 Å². The third-order valence-electron chi connectivity index (χ3n) is 2.53. The van der Waals surface area contributed by atoms with Crippen molar-refractivity contribution in [3.63, 3.8) is 0 Å². The minimum Gasteiger partial charge on any atom is -0.383 e. The van der Waals surface area contributed by atoms with E-state index in [-0.39, 0.29) is 41.6 Å². The third-order valence-corrected chi connectivity index (χ3v) is 2.53. The predicted molar refractivity (Wildman–Crippen MR) is 73.3 cm³/mol. The molecule has 19 heavy (non-hydrogen) atoms. The van der Waals surface area contributed by atoms with Crippen LogP contribution in [0.15, 0.2) is 0 Å². The molecule has 100 valence electrons. The van der Waals surface area contributed by atoms with Crippen LogP contribution in [0.2, 0.25) is 0 Å². The number of hydrogen-bond acceptors (Lipinski definition) is 10. The molecule has 0 bridgehead atoms. The van der Waals surface area contributed by atoms with Crippen LogP contribution in [0.5, 0.6) is 0 Å². The van der Waals surface area contributed by atoms with Gasteiger partial charge in [-0.2, -0.15) is 19.9 Å². The fourth-order valence-electron chi connectivity index (χ4n) is 1.62. The summed E-state index contributed by atoms with van der Waals surface area (Å²) < 4.78 is 0. The molecule has 0 spiro atoms. The number of rotatable bonds is 2. The van der Waals surface area contributed by atoms with E-state index in [0.29, 0.717) is 11.1 Å². The minimum absolute atomic E-state index is 0.00625. The first kappa shape index (κ1) is 12.4. The summed E-state index contributed by atoms with van der Waals surface area (Å²) in [7, 11) is 0. The fourth-order valence-corrected chi connectivity index (χ4v) is 1.62. The van der Waals surface area contributed by atoms with Crippen molar-refractivity contribution in [3.8, 4) is 0 Å². The molecule has 2 aromatic rings. The standard InChI is InChI=1S/C9H14N10/c10-4-2(5(11)17-8(14)16-4)1-3-6(12)18-9(15)19-7(3)13/h1H2,(H6,10,11,14,16,17)(H6,12,13,15,18,19). The monoisotopic (exact) mass is 262 g/mol. The highest BCUT2D eigenvalue weighted by Crippen LogP contribution is 2.26. The van der Waals surface area contributed by atoms with E-state index in [4.69, 9.17) is 34.4 Å². The second kappa shape index (κ2) is 4.33. The average molecular weight is 262 g/mol. The molecule has 2 heterocycles. The van der Waals surface area contributed by atoms with Gasteiger partial charge in [0.25, 0.3) is 0 Å². The normalized spacial score (nSPS) is 10.5. The maximum absolute atomic E-state index is 5.74. The molecule has 2 rings (SSSR count). The molecule has 0 aromatic carbocycles. The molecule has 2 aromatic heterocycles. The lowest BCUT2D eigenvalue weighted by Gasteiger charge is -2.11. The summed E-state index contributed by atoms with van der Waals surface area (Å²) >= 11 is 0. The second-order valence-corrected chi connectivity index (χ2v) is 3.84. The Bertz CT molecular complexity index is 535. The Morgan fingerprint density at radius 1 is 0.526 bits per heavy atom. The molecule has 0 aliphatic heterocycles. The van der Waals surface area contributed by atoms with E-state index in [1.807, 2.05) is 0 Å². The Hall–Kier alpha value is -3.04. The van der Waals surface area contributed by atoms with Crippen molar-refractivity contribution in [2.45, 2.75) is 6.42 Å². The van der Waals surface area contributed by atoms with Gasteiger partial charge in [-0.25, -0.2) is 0 Å². The fraction of sp³-hybridized carbons (Fsp3) is 0.111. The van der Waals surface area contributed by atoms with Gasteiger partial charge in [0.1, 0.15) is 23.3 Å². The summed E-state index contributed by atoms with van der Waals surface area (Å²) in [4.78, 5) is 15.3. The van der Waals surface area contributed by atoms with Gasteiger partial charge in [-0.15, -0.1) is 0 Å². The van der Waals surface area contributed by atoms with Gasteiger partial charge in [-0.3, -0.25) is 0 Å². The second-order valence-electron chi connectivity index (χ2n) is 3.84. The Kier molecular flexibility index (Phi) is 2.83. The molecule has 10 nitrogen and oxygen atoms in total. The van der Waals surface area contributed by atoms with Crippen molar-refractivity contribution >= 4 is 35.2 Å². The van der Waals surface area contributed by atoms with Gasteiger partial charge < -0.3 is 34.4 Å². The first-order valence-corrected chi connectivity index (χ1v) is 5.23. The van der Waals surface area contributed by atoms with E-state index in [9.17, 15) is 0 Å². The third kappa shape index (κ3) is 2.31. The molecule has 0 aliphatic rings.